The predicted octanol–water partition coefficient (Wildman–Crippen LogP) is 2.81. The standard InChI is InChI=1S/C17H19N3O3.ClH/c1-11-2-7-15(23-11)17(22)20-14-5-3-13(4-6-14)19-16(21)12-8-9-18-10-12;/h2-7,12,18H,8-10H2,1H3,(H,19,21)(H,20,22);1H. The summed E-state index contributed by atoms with van der Waals surface area (Å²) < 4.78 is 5.28. The molecule has 0 saturated carbocycles. The maximum Gasteiger partial charge on any atom is 0.291 e. The molecule has 0 spiro atoms. The lowest BCUT2D eigenvalue weighted by atomic mass is 10.1. The first kappa shape index (κ1) is 18.0. The van der Waals surface area contributed by atoms with E-state index in [9.17, 15) is 9.59 Å². The van der Waals surface area contributed by atoms with Crippen molar-refractivity contribution in [3.63, 3.8) is 0 Å². The molecule has 6 nitrogen and oxygen atoms in total. The molecule has 1 aromatic carbocycles. The smallest absolute Gasteiger partial charge is 0.291 e. The highest BCUT2D eigenvalue weighted by Gasteiger charge is 2.22. The summed E-state index contributed by atoms with van der Waals surface area (Å²) in [5, 5.41) is 8.81. The molecule has 128 valence electrons. The molecule has 2 heterocycles. The van der Waals surface area contributed by atoms with Gasteiger partial charge in [-0.3, -0.25) is 9.59 Å². The average molecular weight is 350 g/mol. The lowest BCUT2D eigenvalue weighted by Crippen LogP contribution is -2.24. The van der Waals surface area contributed by atoms with E-state index in [-0.39, 0.29) is 35.9 Å². The summed E-state index contributed by atoms with van der Waals surface area (Å²) >= 11 is 0. The van der Waals surface area contributed by atoms with E-state index in [1.54, 1.807) is 43.3 Å². The van der Waals surface area contributed by atoms with Crippen LogP contribution < -0.4 is 16.0 Å². The summed E-state index contributed by atoms with van der Waals surface area (Å²) in [5.74, 6) is 0.713. The van der Waals surface area contributed by atoms with Crippen molar-refractivity contribution in [1.82, 2.24) is 5.32 Å². The Labute approximate surface area is 146 Å². The molecule has 1 fully saturated rings. The van der Waals surface area contributed by atoms with Gasteiger partial charge in [0, 0.05) is 17.9 Å². The molecule has 1 atom stereocenters. The number of benzene rings is 1. The van der Waals surface area contributed by atoms with Crippen LogP contribution in [0, 0.1) is 12.8 Å². The maximum absolute atomic E-state index is 12.0. The van der Waals surface area contributed by atoms with Crippen LogP contribution in [0.25, 0.3) is 0 Å². The van der Waals surface area contributed by atoms with E-state index in [1.165, 1.54) is 0 Å². The third kappa shape index (κ3) is 4.37. The van der Waals surface area contributed by atoms with Crippen molar-refractivity contribution in [3.8, 4) is 0 Å². The summed E-state index contributed by atoms with van der Waals surface area (Å²) in [5.41, 5.74) is 1.36. The first-order valence-corrected chi connectivity index (χ1v) is 7.61. The quantitative estimate of drug-likeness (QED) is 0.792. The highest BCUT2D eigenvalue weighted by atomic mass is 35.5. The van der Waals surface area contributed by atoms with Crippen LogP contribution in [-0.2, 0) is 4.79 Å². The molecular formula is C17H20ClN3O3. The Morgan fingerprint density at radius 2 is 1.75 bits per heavy atom. The van der Waals surface area contributed by atoms with E-state index < -0.39 is 0 Å². The molecule has 1 aromatic heterocycles. The SMILES string of the molecule is Cc1ccc(C(=O)Nc2ccc(NC(=O)C3CCNC3)cc2)o1.Cl. The van der Waals surface area contributed by atoms with Crippen molar-refractivity contribution < 1.29 is 14.0 Å². The predicted molar refractivity (Wildman–Crippen MR) is 94.7 cm³/mol. The fraction of sp³-hybridized carbons (Fsp3) is 0.294. The third-order valence-electron chi connectivity index (χ3n) is 3.81. The van der Waals surface area contributed by atoms with Gasteiger partial charge in [0.25, 0.3) is 5.91 Å². The van der Waals surface area contributed by atoms with Crippen molar-refractivity contribution in [1.29, 1.82) is 0 Å². The molecule has 0 aliphatic carbocycles. The minimum absolute atomic E-state index is 0. The maximum atomic E-state index is 12.0. The van der Waals surface area contributed by atoms with Crippen LogP contribution in [0.3, 0.4) is 0 Å². The molecule has 0 bridgehead atoms. The Balaban J connectivity index is 0.00000208. The number of furan rings is 1. The van der Waals surface area contributed by atoms with E-state index in [0.29, 0.717) is 17.1 Å². The zero-order valence-corrected chi connectivity index (χ0v) is 14.1. The molecule has 3 N–H and O–H groups in total. The van der Waals surface area contributed by atoms with E-state index >= 15 is 0 Å². The van der Waals surface area contributed by atoms with Gasteiger partial charge < -0.3 is 20.4 Å². The van der Waals surface area contributed by atoms with Gasteiger partial charge >= 0.3 is 0 Å². The number of hydrogen-bond donors (Lipinski definition) is 3. The van der Waals surface area contributed by atoms with Crippen LogP contribution >= 0.6 is 12.4 Å². The first-order chi connectivity index (χ1) is 11.1. The second kappa shape index (κ2) is 7.99. The van der Waals surface area contributed by atoms with Gasteiger partial charge in [-0.15, -0.1) is 12.4 Å². The highest BCUT2D eigenvalue weighted by Crippen LogP contribution is 2.17. The van der Waals surface area contributed by atoms with Gasteiger partial charge in [-0.1, -0.05) is 0 Å². The minimum Gasteiger partial charge on any atom is -0.456 e. The Hall–Kier alpha value is -2.31. The molecule has 1 unspecified atom stereocenters. The van der Waals surface area contributed by atoms with Gasteiger partial charge in [0.15, 0.2) is 5.76 Å². The van der Waals surface area contributed by atoms with Crippen molar-refractivity contribution in [2.75, 3.05) is 23.7 Å². The zero-order valence-electron chi connectivity index (χ0n) is 13.3. The summed E-state index contributed by atoms with van der Waals surface area (Å²) in [6.07, 6.45) is 0.864. The Bertz CT molecular complexity index is 706. The summed E-state index contributed by atoms with van der Waals surface area (Å²) in [6.45, 7) is 3.39. The average Bonchev–Trinajstić information content (AvgIpc) is 3.20. The van der Waals surface area contributed by atoms with Gasteiger partial charge in [-0.25, -0.2) is 0 Å². The van der Waals surface area contributed by atoms with E-state index in [0.717, 1.165) is 19.5 Å². The van der Waals surface area contributed by atoms with Crippen LogP contribution in [0.15, 0.2) is 40.8 Å². The first-order valence-electron chi connectivity index (χ1n) is 7.61. The van der Waals surface area contributed by atoms with Gasteiger partial charge in [0.2, 0.25) is 5.91 Å². The molecule has 1 aliphatic rings. The summed E-state index contributed by atoms with van der Waals surface area (Å²) in [4.78, 5) is 24.0. The number of hydrogen-bond acceptors (Lipinski definition) is 4. The Kier molecular flexibility index (Phi) is 6.00. The number of carbonyl (C=O) groups excluding carboxylic acids is 2. The molecule has 1 aliphatic heterocycles. The number of aryl methyl sites for hydroxylation is 1. The number of amides is 2. The van der Waals surface area contributed by atoms with Crippen molar-refractivity contribution in [2.45, 2.75) is 13.3 Å². The van der Waals surface area contributed by atoms with E-state index in [1.807, 2.05) is 0 Å². The second-order valence-corrected chi connectivity index (χ2v) is 5.62. The number of halogens is 1. The molecular weight excluding hydrogens is 330 g/mol. The third-order valence-corrected chi connectivity index (χ3v) is 3.81. The van der Waals surface area contributed by atoms with Crippen LogP contribution in [0.1, 0.15) is 22.7 Å². The Morgan fingerprint density at radius 3 is 2.29 bits per heavy atom. The van der Waals surface area contributed by atoms with Crippen LogP contribution in [0.5, 0.6) is 0 Å². The molecule has 3 rings (SSSR count). The van der Waals surface area contributed by atoms with Crippen LogP contribution in [-0.4, -0.2) is 24.9 Å². The molecule has 24 heavy (non-hydrogen) atoms. The van der Waals surface area contributed by atoms with Crippen LogP contribution in [0.4, 0.5) is 11.4 Å². The van der Waals surface area contributed by atoms with Crippen molar-refractivity contribution in [3.05, 3.63) is 47.9 Å². The molecule has 7 heteroatoms. The molecule has 1 saturated heterocycles. The normalized spacial score (nSPS) is 16.3. The zero-order chi connectivity index (χ0) is 16.2. The topological polar surface area (TPSA) is 83.4 Å². The number of anilines is 2. The number of carbonyl (C=O) groups is 2. The fourth-order valence-corrected chi connectivity index (χ4v) is 2.51. The van der Waals surface area contributed by atoms with E-state index in [2.05, 4.69) is 16.0 Å². The van der Waals surface area contributed by atoms with Gasteiger partial charge in [-0.2, -0.15) is 0 Å². The summed E-state index contributed by atoms with van der Waals surface area (Å²) in [7, 11) is 0. The minimum atomic E-state index is -0.299. The lowest BCUT2D eigenvalue weighted by molar-refractivity contribution is -0.119. The van der Waals surface area contributed by atoms with Crippen molar-refractivity contribution in [2.24, 2.45) is 5.92 Å². The monoisotopic (exact) mass is 349 g/mol. The van der Waals surface area contributed by atoms with Gasteiger partial charge in [0.05, 0.1) is 5.92 Å². The Morgan fingerprint density at radius 1 is 1.08 bits per heavy atom. The van der Waals surface area contributed by atoms with E-state index in [4.69, 9.17) is 4.42 Å². The molecule has 2 aromatic rings. The van der Waals surface area contributed by atoms with Crippen molar-refractivity contribution >= 4 is 35.6 Å². The molecule has 2 amide bonds. The fourth-order valence-electron chi connectivity index (χ4n) is 2.51. The molecule has 0 radical (unpaired) electrons. The highest BCUT2D eigenvalue weighted by molar-refractivity contribution is 6.02. The van der Waals surface area contributed by atoms with Gasteiger partial charge in [0.1, 0.15) is 5.76 Å². The lowest BCUT2D eigenvalue weighted by Gasteiger charge is -2.10. The van der Waals surface area contributed by atoms with Crippen LogP contribution in [0.2, 0.25) is 0 Å². The summed E-state index contributed by atoms with van der Waals surface area (Å²) in [6, 6.07) is 10.4. The second-order valence-electron chi connectivity index (χ2n) is 5.62. The van der Waals surface area contributed by atoms with Gasteiger partial charge in [-0.05, 0) is 56.3 Å². The number of nitrogens with one attached hydrogen (secondary N) is 3. The largest absolute Gasteiger partial charge is 0.456 e. The number of rotatable bonds is 4.